The largest absolute Gasteiger partial charge is 0.374 e. The fraction of sp³-hybridized carbons (Fsp3) is 0.667. The van der Waals surface area contributed by atoms with Gasteiger partial charge in [0.2, 0.25) is 0 Å². The van der Waals surface area contributed by atoms with E-state index >= 15 is 0 Å². The molecule has 0 unspecified atom stereocenters. The van der Waals surface area contributed by atoms with Gasteiger partial charge in [0.25, 0.3) is 0 Å². The van der Waals surface area contributed by atoms with Crippen LogP contribution in [0.1, 0.15) is 24.1 Å². The molecule has 1 aliphatic carbocycles. The Bertz CT molecular complexity index is 420. The second-order valence-electron chi connectivity index (χ2n) is 5.60. The number of aryl methyl sites for hydroxylation is 1. The molecule has 0 bridgehead atoms. The highest BCUT2D eigenvalue weighted by molar-refractivity contribution is 5.17. The number of pyridine rings is 1. The fourth-order valence-electron chi connectivity index (χ4n) is 2.71. The minimum atomic E-state index is 0.339. The van der Waals surface area contributed by atoms with E-state index in [4.69, 9.17) is 4.74 Å². The molecule has 1 saturated heterocycles. The van der Waals surface area contributed by atoms with Crippen molar-refractivity contribution in [1.29, 1.82) is 0 Å². The summed E-state index contributed by atoms with van der Waals surface area (Å²) in [5, 5.41) is 3.50. The number of ether oxygens (including phenoxy) is 1. The number of aromatic nitrogens is 1. The molecule has 0 spiro atoms. The molecule has 1 aromatic rings. The van der Waals surface area contributed by atoms with Crippen LogP contribution in [0, 0.1) is 6.92 Å². The Hall–Kier alpha value is -0.970. The predicted octanol–water partition coefficient (Wildman–Crippen LogP) is 1.34. The third-order valence-electron chi connectivity index (χ3n) is 4.04. The first-order chi connectivity index (χ1) is 9.33. The van der Waals surface area contributed by atoms with Crippen molar-refractivity contribution in [2.24, 2.45) is 0 Å². The Morgan fingerprint density at radius 2 is 2.37 bits per heavy atom. The standard InChI is InChI=1S/C15H23N3O/c1-12-13(3-2-6-17-12)9-16-10-15-11-18(7-8-19-15)14-4-5-14/h2-3,6,14-16H,4-5,7-11H2,1H3/t15-/m1/s1. The average molecular weight is 261 g/mol. The molecule has 1 atom stereocenters. The van der Waals surface area contributed by atoms with E-state index in [-0.39, 0.29) is 0 Å². The van der Waals surface area contributed by atoms with Gasteiger partial charge >= 0.3 is 0 Å². The topological polar surface area (TPSA) is 37.4 Å². The van der Waals surface area contributed by atoms with Gasteiger partial charge < -0.3 is 10.1 Å². The average Bonchev–Trinajstić information content (AvgIpc) is 3.26. The molecule has 0 aromatic carbocycles. The molecule has 1 aliphatic heterocycles. The van der Waals surface area contributed by atoms with E-state index in [0.29, 0.717) is 6.10 Å². The molecule has 0 radical (unpaired) electrons. The van der Waals surface area contributed by atoms with Gasteiger partial charge in [0, 0.05) is 44.1 Å². The van der Waals surface area contributed by atoms with Gasteiger partial charge in [-0.15, -0.1) is 0 Å². The smallest absolute Gasteiger partial charge is 0.0826 e. The third kappa shape index (κ3) is 3.53. The summed E-state index contributed by atoms with van der Waals surface area (Å²) in [5.41, 5.74) is 2.39. The van der Waals surface area contributed by atoms with E-state index in [1.165, 1.54) is 18.4 Å². The lowest BCUT2D eigenvalue weighted by atomic mass is 10.2. The van der Waals surface area contributed by atoms with Crippen molar-refractivity contribution >= 4 is 0 Å². The Kier molecular flexibility index (Phi) is 4.11. The zero-order valence-corrected chi connectivity index (χ0v) is 11.6. The summed E-state index contributed by atoms with van der Waals surface area (Å²) in [7, 11) is 0. The minimum Gasteiger partial charge on any atom is -0.374 e. The van der Waals surface area contributed by atoms with Gasteiger partial charge in [-0.1, -0.05) is 6.07 Å². The minimum absolute atomic E-state index is 0.339. The summed E-state index contributed by atoms with van der Waals surface area (Å²) in [6.45, 7) is 6.95. The van der Waals surface area contributed by atoms with Crippen molar-refractivity contribution in [1.82, 2.24) is 15.2 Å². The van der Waals surface area contributed by atoms with Crippen molar-refractivity contribution in [3.05, 3.63) is 29.6 Å². The van der Waals surface area contributed by atoms with Crippen LogP contribution in [0.2, 0.25) is 0 Å². The van der Waals surface area contributed by atoms with Crippen molar-refractivity contribution in [2.45, 2.75) is 38.5 Å². The molecule has 2 aliphatic rings. The second-order valence-corrected chi connectivity index (χ2v) is 5.60. The lowest BCUT2D eigenvalue weighted by Crippen LogP contribution is -2.47. The Morgan fingerprint density at radius 3 is 3.16 bits per heavy atom. The van der Waals surface area contributed by atoms with Crippen LogP contribution in [-0.4, -0.2) is 48.3 Å². The highest BCUT2D eigenvalue weighted by Crippen LogP contribution is 2.28. The molecule has 1 aromatic heterocycles. The van der Waals surface area contributed by atoms with E-state index in [2.05, 4.69) is 28.2 Å². The number of hydrogen-bond acceptors (Lipinski definition) is 4. The Balaban J connectivity index is 1.43. The Morgan fingerprint density at radius 1 is 1.47 bits per heavy atom. The van der Waals surface area contributed by atoms with Gasteiger partial charge in [-0.2, -0.15) is 0 Å². The molecule has 2 heterocycles. The zero-order valence-electron chi connectivity index (χ0n) is 11.6. The molecule has 1 N–H and O–H groups in total. The quantitative estimate of drug-likeness (QED) is 0.868. The third-order valence-corrected chi connectivity index (χ3v) is 4.04. The normalized spacial score (nSPS) is 24.6. The molecule has 19 heavy (non-hydrogen) atoms. The highest BCUT2D eigenvalue weighted by atomic mass is 16.5. The highest BCUT2D eigenvalue weighted by Gasteiger charge is 2.32. The van der Waals surface area contributed by atoms with Crippen molar-refractivity contribution < 1.29 is 4.74 Å². The summed E-state index contributed by atoms with van der Waals surface area (Å²) in [6.07, 6.45) is 4.95. The molecule has 2 fully saturated rings. The molecule has 0 amide bonds. The molecule has 4 nitrogen and oxygen atoms in total. The van der Waals surface area contributed by atoms with E-state index in [1.54, 1.807) is 0 Å². The first-order valence-electron chi connectivity index (χ1n) is 7.30. The fourth-order valence-corrected chi connectivity index (χ4v) is 2.71. The molecule has 3 rings (SSSR count). The number of morpholine rings is 1. The number of hydrogen-bond donors (Lipinski definition) is 1. The van der Waals surface area contributed by atoms with E-state index < -0.39 is 0 Å². The maximum absolute atomic E-state index is 5.83. The summed E-state index contributed by atoms with van der Waals surface area (Å²) < 4.78 is 5.83. The zero-order chi connectivity index (χ0) is 13.1. The van der Waals surface area contributed by atoms with Crippen LogP contribution in [0.5, 0.6) is 0 Å². The summed E-state index contributed by atoms with van der Waals surface area (Å²) in [6, 6.07) is 4.98. The molecular formula is C15H23N3O. The first kappa shape index (κ1) is 13.0. The SMILES string of the molecule is Cc1ncccc1CNC[C@@H]1CN(C2CC2)CCO1. The number of nitrogens with zero attached hydrogens (tertiary/aromatic N) is 2. The lowest BCUT2D eigenvalue weighted by molar-refractivity contribution is -0.0301. The van der Waals surface area contributed by atoms with Gasteiger partial charge in [-0.05, 0) is 31.4 Å². The maximum Gasteiger partial charge on any atom is 0.0826 e. The van der Waals surface area contributed by atoms with Crippen molar-refractivity contribution in [3.63, 3.8) is 0 Å². The van der Waals surface area contributed by atoms with E-state index in [0.717, 1.165) is 44.5 Å². The van der Waals surface area contributed by atoms with Gasteiger partial charge in [0.05, 0.1) is 12.7 Å². The van der Waals surface area contributed by atoms with Gasteiger partial charge in [0.1, 0.15) is 0 Å². The first-order valence-corrected chi connectivity index (χ1v) is 7.30. The van der Waals surface area contributed by atoms with Crippen LogP contribution in [0.3, 0.4) is 0 Å². The molecule has 104 valence electrons. The van der Waals surface area contributed by atoms with Crippen LogP contribution in [0.15, 0.2) is 18.3 Å². The van der Waals surface area contributed by atoms with Crippen molar-refractivity contribution in [2.75, 3.05) is 26.2 Å². The predicted molar refractivity (Wildman–Crippen MR) is 75.0 cm³/mol. The van der Waals surface area contributed by atoms with Crippen LogP contribution in [0.25, 0.3) is 0 Å². The van der Waals surface area contributed by atoms with Gasteiger partial charge in [-0.25, -0.2) is 0 Å². The molecule has 1 saturated carbocycles. The number of rotatable bonds is 5. The summed E-state index contributed by atoms with van der Waals surface area (Å²) >= 11 is 0. The van der Waals surface area contributed by atoms with Gasteiger partial charge in [-0.3, -0.25) is 9.88 Å². The molecule has 4 heteroatoms. The monoisotopic (exact) mass is 261 g/mol. The van der Waals surface area contributed by atoms with Crippen LogP contribution in [-0.2, 0) is 11.3 Å². The van der Waals surface area contributed by atoms with E-state index in [1.807, 2.05) is 12.3 Å². The van der Waals surface area contributed by atoms with Crippen LogP contribution in [0.4, 0.5) is 0 Å². The lowest BCUT2D eigenvalue weighted by Gasteiger charge is -2.33. The summed E-state index contributed by atoms with van der Waals surface area (Å²) in [5.74, 6) is 0. The van der Waals surface area contributed by atoms with Gasteiger partial charge in [0.15, 0.2) is 0 Å². The van der Waals surface area contributed by atoms with Crippen molar-refractivity contribution in [3.8, 4) is 0 Å². The Labute approximate surface area is 115 Å². The van der Waals surface area contributed by atoms with Crippen LogP contribution >= 0.6 is 0 Å². The molecular weight excluding hydrogens is 238 g/mol. The van der Waals surface area contributed by atoms with Crippen LogP contribution < -0.4 is 5.32 Å². The maximum atomic E-state index is 5.83. The van der Waals surface area contributed by atoms with E-state index in [9.17, 15) is 0 Å². The summed E-state index contributed by atoms with van der Waals surface area (Å²) in [4.78, 5) is 6.90. The number of nitrogens with one attached hydrogen (secondary N) is 1. The second kappa shape index (κ2) is 5.99.